The number of hydrogen-bond acceptors (Lipinski definition) is 2. The van der Waals surface area contributed by atoms with Gasteiger partial charge in [-0.3, -0.25) is 0 Å². The van der Waals surface area contributed by atoms with Gasteiger partial charge in [0.2, 0.25) is 0 Å². The summed E-state index contributed by atoms with van der Waals surface area (Å²) in [5.74, 6) is 1.89. The molecule has 2 N–H and O–H groups in total. The van der Waals surface area contributed by atoms with Crippen LogP contribution in [0.25, 0.3) is 0 Å². The summed E-state index contributed by atoms with van der Waals surface area (Å²) in [5, 5.41) is 0. The zero-order chi connectivity index (χ0) is 10.3. The fraction of sp³-hybridized carbons (Fsp3) is 0.538. The Morgan fingerprint density at radius 2 is 2.13 bits per heavy atom. The van der Waals surface area contributed by atoms with Gasteiger partial charge < -0.3 is 10.5 Å². The first kappa shape index (κ1) is 9.22. The van der Waals surface area contributed by atoms with Gasteiger partial charge in [-0.25, -0.2) is 0 Å². The van der Waals surface area contributed by atoms with Gasteiger partial charge in [0.25, 0.3) is 0 Å². The van der Waals surface area contributed by atoms with Crippen molar-refractivity contribution in [1.82, 2.24) is 0 Å². The van der Waals surface area contributed by atoms with Gasteiger partial charge in [-0.1, -0.05) is 12.1 Å². The molecule has 1 saturated carbocycles. The monoisotopic (exact) mass is 203 g/mol. The van der Waals surface area contributed by atoms with E-state index in [0.29, 0.717) is 0 Å². The minimum absolute atomic E-state index is 0.226. The maximum absolute atomic E-state index is 6.03. The van der Waals surface area contributed by atoms with Crippen LogP contribution in [0.3, 0.4) is 0 Å². The Labute approximate surface area is 90.4 Å². The maximum atomic E-state index is 6.03. The molecular weight excluding hydrogens is 186 g/mol. The average molecular weight is 203 g/mol. The Bertz CT molecular complexity index is 371. The SMILES string of the molecule is NC1CCc2c(OCC3CC3)cccc21. The molecule has 0 bridgehead atoms. The summed E-state index contributed by atoms with van der Waals surface area (Å²) < 4.78 is 5.87. The Morgan fingerprint density at radius 3 is 2.93 bits per heavy atom. The third-order valence-electron chi connectivity index (χ3n) is 3.45. The lowest BCUT2D eigenvalue weighted by molar-refractivity contribution is 0.297. The normalized spacial score (nSPS) is 23.9. The number of fused-ring (bicyclic) bond motifs is 1. The second-order valence-corrected chi connectivity index (χ2v) is 4.72. The third-order valence-corrected chi connectivity index (χ3v) is 3.45. The molecule has 80 valence electrons. The van der Waals surface area contributed by atoms with E-state index in [1.165, 1.54) is 24.0 Å². The van der Waals surface area contributed by atoms with E-state index < -0.39 is 0 Å². The van der Waals surface area contributed by atoms with Crippen LogP contribution in [0.4, 0.5) is 0 Å². The molecule has 15 heavy (non-hydrogen) atoms. The van der Waals surface area contributed by atoms with Crippen LogP contribution < -0.4 is 10.5 Å². The highest BCUT2D eigenvalue weighted by Crippen LogP contribution is 2.37. The fourth-order valence-corrected chi connectivity index (χ4v) is 2.28. The molecule has 2 nitrogen and oxygen atoms in total. The topological polar surface area (TPSA) is 35.2 Å². The van der Waals surface area contributed by atoms with Gasteiger partial charge in [-0.15, -0.1) is 0 Å². The third kappa shape index (κ3) is 1.74. The summed E-state index contributed by atoms with van der Waals surface area (Å²) in [4.78, 5) is 0. The van der Waals surface area contributed by atoms with Crippen molar-refractivity contribution in [3.63, 3.8) is 0 Å². The molecule has 2 aliphatic rings. The fourth-order valence-electron chi connectivity index (χ4n) is 2.28. The van der Waals surface area contributed by atoms with Gasteiger partial charge in [0.1, 0.15) is 5.75 Å². The summed E-state index contributed by atoms with van der Waals surface area (Å²) in [5.41, 5.74) is 8.68. The quantitative estimate of drug-likeness (QED) is 0.818. The lowest BCUT2D eigenvalue weighted by atomic mass is 10.1. The van der Waals surface area contributed by atoms with E-state index in [1.807, 2.05) is 0 Å². The molecule has 1 fully saturated rings. The lowest BCUT2D eigenvalue weighted by Crippen LogP contribution is -2.05. The summed E-state index contributed by atoms with van der Waals surface area (Å²) in [6.45, 7) is 0.895. The number of benzene rings is 1. The molecule has 0 spiro atoms. The van der Waals surface area contributed by atoms with Crippen molar-refractivity contribution in [2.75, 3.05) is 6.61 Å². The predicted octanol–water partition coefficient (Wildman–Crippen LogP) is 2.42. The van der Waals surface area contributed by atoms with Gasteiger partial charge in [-0.2, -0.15) is 0 Å². The summed E-state index contributed by atoms with van der Waals surface area (Å²) >= 11 is 0. The number of ether oxygens (including phenoxy) is 1. The Kier molecular flexibility index (Phi) is 2.17. The highest BCUT2D eigenvalue weighted by molar-refractivity contribution is 5.44. The second-order valence-electron chi connectivity index (χ2n) is 4.72. The molecule has 1 unspecified atom stereocenters. The van der Waals surface area contributed by atoms with Gasteiger partial charge >= 0.3 is 0 Å². The van der Waals surface area contributed by atoms with Crippen molar-refractivity contribution < 1.29 is 4.74 Å². The largest absolute Gasteiger partial charge is 0.493 e. The zero-order valence-electron chi connectivity index (χ0n) is 8.91. The zero-order valence-corrected chi connectivity index (χ0v) is 8.91. The van der Waals surface area contributed by atoms with Crippen molar-refractivity contribution >= 4 is 0 Å². The molecule has 1 aromatic carbocycles. The smallest absolute Gasteiger partial charge is 0.122 e. The molecule has 1 aromatic rings. The van der Waals surface area contributed by atoms with E-state index in [0.717, 1.165) is 31.1 Å². The molecule has 0 amide bonds. The number of nitrogens with two attached hydrogens (primary N) is 1. The van der Waals surface area contributed by atoms with Crippen molar-refractivity contribution in [2.45, 2.75) is 31.7 Å². The van der Waals surface area contributed by atoms with Crippen LogP contribution in [-0.4, -0.2) is 6.61 Å². The number of hydrogen-bond donors (Lipinski definition) is 1. The molecule has 0 saturated heterocycles. The van der Waals surface area contributed by atoms with Crippen LogP contribution in [-0.2, 0) is 6.42 Å². The molecule has 1 atom stereocenters. The molecule has 3 rings (SSSR count). The molecule has 0 aromatic heterocycles. The Morgan fingerprint density at radius 1 is 1.27 bits per heavy atom. The first-order valence-corrected chi connectivity index (χ1v) is 5.85. The van der Waals surface area contributed by atoms with Crippen LogP contribution in [0.2, 0.25) is 0 Å². The first-order valence-electron chi connectivity index (χ1n) is 5.85. The van der Waals surface area contributed by atoms with Crippen molar-refractivity contribution in [3.8, 4) is 5.75 Å². The molecular formula is C13H17NO. The first-order chi connectivity index (χ1) is 7.34. The van der Waals surface area contributed by atoms with Gasteiger partial charge in [0, 0.05) is 6.04 Å². The predicted molar refractivity (Wildman–Crippen MR) is 59.9 cm³/mol. The van der Waals surface area contributed by atoms with Gasteiger partial charge in [-0.05, 0) is 48.8 Å². The molecule has 2 aliphatic carbocycles. The highest BCUT2D eigenvalue weighted by atomic mass is 16.5. The van der Waals surface area contributed by atoms with E-state index in [9.17, 15) is 0 Å². The van der Waals surface area contributed by atoms with Crippen molar-refractivity contribution in [3.05, 3.63) is 29.3 Å². The Hall–Kier alpha value is -1.02. The summed E-state index contributed by atoms with van der Waals surface area (Å²) in [7, 11) is 0. The van der Waals surface area contributed by atoms with Gasteiger partial charge in [0.15, 0.2) is 0 Å². The van der Waals surface area contributed by atoms with E-state index in [2.05, 4.69) is 18.2 Å². The summed E-state index contributed by atoms with van der Waals surface area (Å²) in [6, 6.07) is 6.51. The van der Waals surface area contributed by atoms with Crippen molar-refractivity contribution in [1.29, 1.82) is 0 Å². The molecule has 0 heterocycles. The van der Waals surface area contributed by atoms with Crippen LogP contribution in [0.1, 0.15) is 36.4 Å². The van der Waals surface area contributed by atoms with Gasteiger partial charge in [0.05, 0.1) is 6.61 Å². The Balaban J connectivity index is 1.81. The average Bonchev–Trinajstić information content (AvgIpc) is 3.01. The van der Waals surface area contributed by atoms with E-state index in [-0.39, 0.29) is 6.04 Å². The van der Waals surface area contributed by atoms with Crippen molar-refractivity contribution in [2.24, 2.45) is 11.7 Å². The maximum Gasteiger partial charge on any atom is 0.122 e. The molecule has 0 radical (unpaired) electrons. The minimum atomic E-state index is 0.226. The highest BCUT2D eigenvalue weighted by Gasteiger charge is 2.25. The standard InChI is InChI=1S/C13H17NO/c14-12-7-6-11-10(12)2-1-3-13(11)15-8-9-4-5-9/h1-3,9,12H,4-8,14H2. The van der Waals surface area contributed by atoms with Crippen LogP contribution in [0.5, 0.6) is 5.75 Å². The minimum Gasteiger partial charge on any atom is -0.493 e. The molecule has 0 aliphatic heterocycles. The second kappa shape index (κ2) is 3.53. The van der Waals surface area contributed by atoms with E-state index in [1.54, 1.807) is 0 Å². The van der Waals surface area contributed by atoms with E-state index >= 15 is 0 Å². The summed E-state index contributed by atoms with van der Waals surface area (Å²) in [6.07, 6.45) is 4.83. The van der Waals surface area contributed by atoms with Crippen LogP contribution in [0, 0.1) is 5.92 Å². The molecule has 2 heteroatoms. The number of rotatable bonds is 3. The van der Waals surface area contributed by atoms with Crippen LogP contribution >= 0.6 is 0 Å². The van der Waals surface area contributed by atoms with E-state index in [4.69, 9.17) is 10.5 Å². The lowest BCUT2D eigenvalue weighted by Gasteiger charge is -2.11. The van der Waals surface area contributed by atoms with Crippen LogP contribution in [0.15, 0.2) is 18.2 Å².